The third kappa shape index (κ3) is 4.70. The molecule has 112 valence electrons. The minimum Gasteiger partial charge on any atom is -0.491 e. The summed E-state index contributed by atoms with van der Waals surface area (Å²) in [6, 6.07) is 3.62. The molecule has 0 aliphatic heterocycles. The van der Waals surface area contributed by atoms with Crippen LogP contribution in [0.3, 0.4) is 0 Å². The van der Waals surface area contributed by atoms with Crippen LogP contribution in [0.4, 0.5) is 14.9 Å². The Kier molecular flexibility index (Phi) is 6.79. The minimum atomic E-state index is -0.420. The predicted octanol–water partition coefficient (Wildman–Crippen LogP) is 2.46. The van der Waals surface area contributed by atoms with Gasteiger partial charge in [-0.2, -0.15) is 0 Å². The topological polar surface area (TPSA) is 61.8 Å². The molecule has 20 heavy (non-hydrogen) atoms. The Morgan fingerprint density at radius 1 is 1.45 bits per heavy atom. The number of ether oxygens (including phenoxy) is 1. The van der Waals surface area contributed by atoms with Gasteiger partial charge < -0.3 is 20.1 Å². The SMILES string of the molecule is CCCOc1cc(F)ccc1NC(=O)N(CC)CCO. The van der Waals surface area contributed by atoms with E-state index in [9.17, 15) is 9.18 Å². The van der Waals surface area contributed by atoms with Gasteiger partial charge in [0.15, 0.2) is 0 Å². The summed E-state index contributed by atoms with van der Waals surface area (Å²) >= 11 is 0. The van der Waals surface area contributed by atoms with Crippen molar-refractivity contribution >= 4 is 11.7 Å². The lowest BCUT2D eigenvalue weighted by molar-refractivity contribution is 0.191. The lowest BCUT2D eigenvalue weighted by Gasteiger charge is -2.21. The van der Waals surface area contributed by atoms with Crippen LogP contribution in [0.2, 0.25) is 0 Å². The van der Waals surface area contributed by atoms with Crippen LogP contribution < -0.4 is 10.1 Å². The zero-order valence-corrected chi connectivity index (χ0v) is 11.9. The summed E-state index contributed by atoms with van der Waals surface area (Å²) in [4.78, 5) is 13.5. The molecule has 6 heteroatoms. The molecule has 0 aliphatic carbocycles. The third-order valence-corrected chi connectivity index (χ3v) is 2.69. The number of likely N-dealkylation sites (N-methyl/N-ethyl adjacent to an activating group) is 1. The largest absolute Gasteiger partial charge is 0.491 e. The van der Waals surface area contributed by atoms with Crippen molar-refractivity contribution in [2.24, 2.45) is 0 Å². The number of benzene rings is 1. The van der Waals surface area contributed by atoms with Crippen molar-refractivity contribution in [1.82, 2.24) is 4.90 Å². The molecule has 0 aromatic heterocycles. The molecule has 1 aromatic carbocycles. The quantitative estimate of drug-likeness (QED) is 0.808. The summed E-state index contributed by atoms with van der Waals surface area (Å²) in [6.07, 6.45) is 0.787. The fourth-order valence-electron chi connectivity index (χ4n) is 1.65. The first-order valence-corrected chi connectivity index (χ1v) is 6.71. The first-order valence-electron chi connectivity index (χ1n) is 6.71. The Bertz CT molecular complexity index is 440. The molecular formula is C14H21FN2O3. The summed E-state index contributed by atoms with van der Waals surface area (Å²) in [5, 5.41) is 11.6. The maximum absolute atomic E-state index is 13.2. The van der Waals surface area contributed by atoms with Crippen LogP contribution in [-0.2, 0) is 0 Å². The molecule has 0 aliphatic rings. The zero-order chi connectivity index (χ0) is 15.0. The summed E-state index contributed by atoms with van der Waals surface area (Å²) in [6.45, 7) is 4.81. The Balaban J connectivity index is 2.82. The number of aliphatic hydroxyl groups is 1. The van der Waals surface area contributed by atoms with Crippen molar-refractivity contribution in [2.45, 2.75) is 20.3 Å². The maximum Gasteiger partial charge on any atom is 0.322 e. The molecule has 5 nitrogen and oxygen atoms in total. The van der Waals surface area contributed by atoms with Gasteiger partial charge in [-0.1, -0.05) is 6.92 Å². The van der Waals surface area contributed by atoms with E-state index in [1.165, 1.54) is 23.1 Å². The van der Waals surface area contributed by atoms with Crippen molar-refractivity contribution in [2.75, 3.05) is 31.6 Å². The lowest BCUT2D eigenvalue weighted by Crippen LogP contribution is -2.36. The predicted molar refractivity (Wildman–Crippen MR) is 75.5 cm³/mol. The molecular weight excluding hydrogens is 263 g/mol. The molecule has 2 N–H and O–H groups in total. The number of halogens is 1. The Labute approximate surface area is 118 Å². The molecule has 0 fully saturated rings. The zero-order valence-electron chi connectivity index (χ0n) is 11.9. The number of rotatable bonds is 7. The van der Waals surface area contributed by atoms with Crippen molar-refractivity contribution in [3.63, 3.8) is 0 Å². The van der Waals surface area contributed by atoms with Crippen LogP contribution in [0.5, 0.6) is 5.75 Å². The summed E-state index contributed by atoms with van der Waals surface area (Å²) in [5.74, 6) is -0.114. The Morgan fingerprint density at radius 2 is 2.20 bits per heavy atom. The van der Waals surface area contributed by atoms with Gasteiger partial charge >= 0.3 is 6.03 Å². The number of hydrogen-bond donors (Lipinski definition) is 2. The number of urea groups is 1. The Hall–Kier alpha value is -1.82. The van der Waals surface area contributed by atoms with Gasteiger partial charge in [0.25, 0.3) is 0 Å². The van der Waals surface area contributed by atoms with Gasteiger partial charge in [0.2, 0.25) is 0 Å². The smallest absolute Gasteiger partial charge is 0.322 e. The van der Waals surface area contributed by atoms with Gasteiger partial charge in [-0.15, -0.1) is 0 Å². The summed E-state index contributed by atoms with van der Waals surface area (Å²) in [5.41, 5.74) is 0.418. The summed E-state index contributed by atoms with van der Waals surface area (Å²) in [7, 11) is 0. The van der Waals surface area contributed by atoms with Crippen LogP contribution >= 0.6 is 0 Å². The van der Waals surface area contributed by atoms with E-state index < -0.39 is 5.82 Å². The fourth-order valence-corrected chi connectivity index (χ4v) is 1.65. The number of hydrogen-bond acceptors (Lipinski definition) is 3. The van der Waals surface area contributed by atoms with Crippen molar-refractivity contribution in [3.8, 4) is 5.75 Å². The molecule has 0 spiro atoms. The standard InChI is InChI=1S/C14H21FN2O3/c1-3-9-20-13-10-11(15)5-6-12(13)16-14(19)17(4-2)7-8-18/h5-6,10,18H,3-4,7-9H2,1-2H3,(H,16,19). The van der Waals surface area contributed by atoms with Gasteiger partial charge in [-0.05, 0) is 25.5 Å². The number of nitrogens with zero attached hydrogens (tertiary/aromatic N) is 1. The van der Waals surface area contributed by atoms with E-state index in [0.29, 0.717) is 24.6 Å². The monoisotopic (exact) mass is 284 g/mol. The maximum atomic E-state index is 13.2. The molecule has 0 saturated heterocycles. The van der Waals surface area contributed by atoms with E-state index >= 15 is 0 Å². The van der Waals surface area contributed by atoms with E-state index in [0.717, 1.165) is 6.42 Å². The minimum absolute atomic E-state index is 0.107. The summed E-state index contributed by atoms with van der Waals surface area (Å²) < 4.78 is 18.6. The highest BCUT2D eigenvalue weighted by atomic mass is 19.1. The van der Waals surface area contributed by atoms with Crippen LogP contribution in [0.1, 0.15) is 20.3 Å². The second kappa shape index (κ2) is 8.37. The van der Waals surface area contributed by atoms with Gasteiger partial charge in [0.05, 0.1) is 18.9 Å². The fraction of sp³-hybridized carbons (Fsp3) is 0.500. The number of nitrogens with one attached hydrogen (secondary N) is 1. The van der Waals surface area contributed by atoms with Gasteiger partial charge in [-0.25, -0.2) is 9.18 Å². The average molecular weight is 284 g/mol. The average Bonchev–Trinajstić information content (AvgIpc) is 2.44. The van der Waals surface area contributed by atoms with Crippen molar-refractivity contribution < 1.29 is 19.0 Å². The number of carbonyl (C=O) groups excluding carboxylic acids is 1. The molecule has 0 atom stereocenters. The van der Waals surface area contributed by atoms with E-state index in [-0.39, 0.29) is 19.2 Å². The first-order chi connectivity index (χ1) is 9.62. The highest BCUT2D eigenvalue weighted by Crippen LogP contribution is 2.26. The number of anilines is 1. The molecule has 0 bridgehead atoms. The second-order valence-corrected chi connectivity index (χ2v) is 4.22. The molecule has 0 saturated carbocycles. The molecule has 2 amide bonds. The molecule has 1 aromatic rings. The van der Waals surface area contributed by atoms with Gasteiger partial charge in [-0.3, -0.25) is 0 Å². The first kappa shape index (κ1) is 16.2. The van der Waals surface area contributed by atoms with E-state index in [4.69, 9.17) is 9.84 Å². The van der Waals surface area contributed by atoms with E-state index in [1.54, 1.807) is 0 Å². The van der Waals surface area contributed by atoms with Crippen LogP contribution in [0, 0.1) is 5.82 Å². The van der Waals surface area contributed by atoms with E-state index in [2.05, 4.69) is 5.32 Å². The van der Waals surface area contributed by atoms with Crippen molar-refractivity contribution in [1.29, 1.82) is 0 Å². The van der Waals surface area contributed by atoms with Crippen molar-refractivity contribution in [3.05, 3.63) is 24.0 Å². The lowest BCUT2D eigenvalue weighted by atomic mass is 10.3. The number of aliphatic hydroxyl groups excluding tert-OH is 1. The highest BCUT2D eigenvalue weighted by molar-refractivity contribution is 5.91. The number of carbonyl (C=O) groups is 1. The molecule has 0 radical (unpaired) electrons. The third-order valence-electron chi connectivity index (χ3n) is 2.69. The molecule has 0 heterocycles. The molecule has 1 rings (SSSR count). The van der Waals surface area contributed by atoms with Crippen LogP contribution in [0.15, 0.2) is 18.2 Å². The number of amides is 2. The normalized spacial score (nSPS) is 10.2. The van der Waals surface area contributed by atoms with E-state index in [1.807, 2.05) is 13.8 Å². The van der Waals surface area contributed by atoms with Gasteiger partial charge in [0, 0.05) is 19.2 Å². The highest BCUT2D eigenvalue weighted by Gasteiger charge is 2.14. The molecule has 0 unspecified atom stereocenters. The second-order valence-electron chi connectivity index (χ2n) is 4.22. The Morgan fingerprint density at radius 3 is 2.80 bits per heavy atom. The van der Waals surface area contributed by atoms with Crippen LogP contribution in [-0.4, -0.2) is 42.3 Å². The van der Waals surface area contributed by atoms with Crippen LogP contribution in [0.25, 0.3) is 0 Å². The van der Waals surface area contributed by atoms with Gasteiger partial charge in [0.1, 0.15) is 11.6 Å².